The standard InChI is InChI=1S/C4H6NO3/c1-2-3-4-8-5(6)7/h2-3H,1,4H2. The van der Waals surface area contributed by atoms with Gasteiger partial charge in [0.05, 0.1) is 0 Å². The Bertz CT molecular complexity index is 99.5. The van der Waals surface area contributed by atoms with E-state index in [1.54, 1.807) is 0 Å². The minimum atomic E-state index is -0.847. The van der Waals surface area contributed by atoms with Gasteiger partial charge in [-0.1, -0.05) is 12.2 Å². The average molecular weight is 116 g/mol. The van der Waals surface area contributed by atoms with Crippen molar-refractivity contribution < 1.29 is 9.92 Å². The normalized spacial score (nSPS) is 9.62. The van der Waals surface area contributed by atoms with Crippen LogP contribution in [0.3, 0.4) is 0 Å². The van der Waals surface area contributed by atoms with Crippen LogP contribution in [0.2, 0.25) is 0 Å². The highest BCUT2D eigenvalue weighted by atomic mass is 16.9. The predicted molar refractivity (Wildman–Crippen MR) is 27.4 cm³/mol. The number of hydrogen-bond donors (Lipinski definition) is 0. The monoisotopic (exact) mass is 116 g/mol. The molecule has 0 N–H and O–H groups in total. The fourth-order valence-corrected chi connectivity index (χ4v) is 0.172. The molecule has 4 heteroatoms. The molecule has 0 atom stereocenters. The van der Waals surface area contributed by atoms with E-state index in [0.29, 0.717) is 0 Å². The summed E-state index contributed by atoms with van der Waals surface area (Å²) in [4.78, 5) is 13.3. The molecule has 0 bridgehead atoms. The Kier molecular flexibility index (Phi) is 3.56. The van der Waals surface area contributed by atoms with Gasteiger partial charge in [-0.3, -0.25) is 0 Å². The summed E-state index contributed by atoms with van der Waals surface area (Å²) in [6.07, 6.45) is 2.88. The Labute approximate surface area is 46.9 Å². The fourth-order valence-electron chi connectivity index (χ4n) is 0.172. The van der Waals surface area contributed by atoms with Gasteiger partial charge in [0.2, 0.25) is 0 Å². The van der Waals surface area contributed by atoms with Crippen molar-refractivity contribution in [3.63, 3.8) is 0 Å². The lowest BCUT2D eigenvalue weighted by Gasteiger charge is -1.86. The number of hydrogen-bond acceptors (Lipinski definition) is 3. The molecule has 1 radical (unpaired) electrons. The van der Waals surface area contributed by atoms with E-state index in [1.807, 2.05) is 0 Å². The lowest BCUT2D eigenvalue weighted by atomic mass is 10.6. The van der Waals surface area contributed by atoms with Crippen LogP contribution >= 0.6 is 0 Å². The van der Waals surface area contributed by atoms with Crippen LogP contribution in [0.1, 0.15) is 0 Å². The van der Waals surface area contributed by atoms with E-state index in [9.17, 15) is 10.1 Å². The molecule has 0 aromatic rings. The summed E-state index contributed by atoms with van der Waals surface area (Å²) in [5, 5.41) is 8.56. The Hall–Kier alpha value is -1.06. The van der Waals surface area contributed by atoms with Crippen molar-refractivity contribution in [1.82, 2.24) is 0 Å². The van der Waals surface area contributed by atoms with Crippen LogP contribution in [0.25, 0.3) is 0 Å². The molecule has 4 nitrogen and oxygen atoms in total. The lowest BCUT2D eigenvalue weighted by molar-refractivity contribution is -0.755. The maximum atomic E-state index is 9.40. The Morgan fingerprint density at radius 3 is 2.88 bits per heavy atom. The fraction of sp³-hybridized carbons (Fsp3) is 0.250. The molecule has 0 spiro atoms. The van der Waals surface area contributed by atoms with Crippen LogP contribution < -0.4 is 0 Å². The summed E-state index contributed by atoms with van der Waals surface area (Å²) in [5.41, 5.74) is 0. The van der Waals surface area contributed by atoms with Gasteiger partial charge in [0.15, 0.2) is 0 Å². The van der Waals surface area contributed by atoms with Crippen molar-refractivity contribution in [2.45, 2.75) is 0 Å². The quantitative estimate of drug-likeness (QED) is 0.400. The van der Waals surface area contributed by atoms with Crippen LogP contribution in [0.4, 0.5) is 0 Å². The molecule has 0 fully saturated rings. The third-order valence-corrected chi connectivity index (χ3v) is 0.443. The van der Waals surface area contributed by atoms with E-state index >= 15 is 0 Å². The number of nitrogens with zero attached hydrogens (tertiary/aromatic N) is 1. The number of rotatable bonds is 3. The zero-order valence-corrected chi connectivity index (χ0v) is 4.24. The van der Waals surface area contributed by atoms with Gasteiger partial charge in [0, 0.05) is 0 Å². The molecular weight excluding hydrogens is 110 g/mol. The van der Waals surface area contributed by atoms with Crippen LogP contribution in [0, 0.1) is 17.0 Å². The molecule has 0 saturated carbocycles. The Balaban J connectivity index is 3.05. The maximum absolute atomic E-state index is 9.40. The van der Waals surface area contributed by atoms with Crippen molar-refractivity contribution >= 4 is 0 Å². The van der Waals surface area contributed by atoms with E-state index in [2.05, 4.69) is 11.8 Å². The largest absolute Gasteiger partial charge is 0.310 e. The first-order valence-electron chi connectivity index (χ1n) is 1.99. The van der Waals surface area contributed by atoms with Crippen LogP contribution in [-0.4, -0.2) is 11.7 Å². The molecule has 0 aliphatic rings. The lowest BCUT2D eigenvalue weighted by Crippen LogP contribution is -1.98. The summed E-state index contributed by atoms with van der Waals surface area (Å²) < 4.78 is 0. The molecule has 0 heterocycles. The SMILES string of the molecule is [CH2]C=CCO[N+](=O)[O-]. The molecule has 0 aliphatic carbocycles. The van der Waals surface area contributed by atoms with Gasteiger partial charge in [0.1, 0.15) is 6.61 Å². The number of allylic oxidation sites excluding steroid dienone is 1. The third-order valence-electron chi connectivity index (χ3n) is 0.443. The van der Waals surface area contributed by atoms with Gasteiger partial charge >= 0.3 is 0 Å². The first kappa shape index (κ1) is 6.94. The maximum Gasteiger partial charge on any atom is 0.294 e. The van der Waals surface area contributed by atoms with E-state index in [-0.39, 0.29) is 6.61 Å². The van der Waals surface area contributed by atoms with Crippen LogP contribution in [0.5, 0.6) is 0 Å². The molecule has 0 aliphatic heterocycles. The van der Waals surface area contributed by atoms with Gasteiger partial charge in [-0.2, -0.15) is 0 Å². The summed E-state index contributed by atoms with van der Waals surface area (Å²) >= 11 is 0. The third kappa shape index (κ3) is 4.94. The van der Waals surface area contributed by atoms with Gasteiger partial charge in [-0.05, 0) is 6.92 Å². The molecule has 0 aromatic carbocycles. The smallest absolute Gasteiger partial charge is 0.294 e. The Morgan fingerprint density at radius 1 is 1.88 bits per heavy atom. The average Bonchev–Trinajstić information content (AvgIpc) is 1.66. The highest BCUT2D eigenvalue weighted by Crippen LogP contribution is 1.75. The second-order valence-corrected chi connectivity index (χ2v) is 0.991. The summed E-state index contributed by atoms with van der Waals surface area (Å²) in [5.74, 6) is 0. The minimum Gasteiger partial charge on any atom is -0.310 e. The molecule has 0 saturated heterocycles. The highest BCUT2D eigenvalue weighted by molar-refractivity contribution is 4.82. The van der Waals surface area contributed by atoms with Crippen molar-refractivity contribution in [1.29, 1.82) is 0 Å². The van der Waals surface area contributed by atoms with Crippen LogP contribution in [0.15, 0.2) is 12.2 Å². The van der Waals surface area contributed by atoms with E-state index in [1.165, 1.54) is 12.2 Å². The summed E-state index contributed by atoms with van der Waals surface area (Å²) in [6.45, 7) is 3.28. The molecular formula is C4H6NO3. The van der Waals surface area contributed by atoms with Crippen molar-refractivity contribution in [2.24, 2.45) is 0 Å². The summed E-state index contributed by atoms with van der Waals surface area (Å²) in [6, 6.07) is 0. The van der Waals surface area contributed by atoms with E-state index < -0.39 is 5.09 Å². The van der Waals surface area contributed by atoms with Crippen LogP contribution in [-0.2, 0) is 4.84 Å². The van der Waals surface area contributed by atoms with Gasteiger partial charge in [-0.15, -0.1) is 10.1 Å². The minimum absolute atomic E-state index is 0.0174. The van der Waals surface area contributed by atoms with Gasteiger partial charge in [0.25, 0.3) is 5.09 Å². The highest BCUT2D eigenvalue weighted by Gasteiger charge is 1.86. The zero-order chi connectivity index (χ0) is 6.41. The zero-order valence-electron chi connectivity index (χ0n) is 4.24. The first-order valence-corrected chi connectivity index (χ1v) is 1.99. The summed E-state index contributed by atoms with van der Waals surface area (Å²) in [7, 11) is 0. The van der Waals surface area contributed by atoms with Gasteiger partial charge in [-0.25, -0.2) is 0 Å². The topological polar surface area (TPSA) is 52.4 Å². The molecule has 0 rings (SSSR count). The molecule has 45 valence electrons. The first-order chi connectivity index (χ1) is 3.77. The predicted octanol–water partition coefficient (Wildman–Crippen LogP) is 0.585. The second kappa shape index (κ2) is 4.11. The molecule has 8 heavy (non-hydrogen) atoms. The second-order valence-electron chi connectivity index (χ2n) is 0.991. The molecule has 0 aromatic heterocycles. The van der Waals surface area contributed by atoms with E-state index in [4.69, 9.17) is 0 Å². The van der Waals surface area contributed by atoms with E-state index in [0.717, 1.165) is 0 Å². The Morgan fingerprint density at radius 2 is 2.50 bits per heavy atom. The molecule has 0 amide bonds. The van der Waals surface area contributed by atoms with Crippen molar-refractivity contribution in [3.8, 4) is 0 Å². The molecule has 0 unspecified atom stereocenters. The van der Waals surface area contributed by atoms with Crippen molar-refractivity contribution in [2.75, 3.05) is 6.61 Å². The van der Waals surface area contributed by atoms with Crippen molar-refractivity contribution in [3.05, 3.63) is 29.2 Å². The van der Waals surface area contributed by atoms with Gasteiger partial charge < -0.3 is 4.84 Å².